The highest BCUT2D eigenvalue weighted by molar-refractivity contribution is 7.71. The summed E-state index contributed by atoms with van der Waals surface area (Å²) in [6, 6.07) is 12.2. The van der Waals surface area contributed by atoms with Gasteiger partial charge in [0.25, 0.3) is 5.56 Å². The Labute approximate surface area is 182 Å². The number of hydrogen-bond donors (Lipinski definition) is 1. The van der Waals surface area contributed by atoms with Crippen LogP contribution in [-0.4, -0.2) is 52.7 Å². The van der Waals surface area contributed by atoms with E-state index in [4.69, 9.17) is 0 Å². The topological polar surface area (TPSA) is 62.8 Å². The summed E-state index contributed by atoms with van der Waals surface area (Å²) in [6.07, 6.45) is 1.46. The number of halogens is 1. The molecular weight excluding hydrogens is 412 g/mol. The Morgan fingerprint density at radius 1 is 1.10 bits per heavy atom. The third-order valence-corrected chi connectivity index (χ3v) is 10.2. The first-order valence-corrected chi connectivity index (χ1v) is 12.8. The molecule has 1 fully saturated rings. The van der Waals surface area contributed by atoms with Gasteiger partial charge in [0.15, 0.2) is 0 Å². The van der Waals surface area contributed by atoms with Gasteiger partial charge in [-0.1, -0.05) is 24.3 Å². The predicted molar refractivity (Wildman–Crippen MR) is 124 cm³/mol. The molecule has 7 heteroatoms. The third-order valence-electron chi connectivity index (χ3n) is 7.13. The normalized spacial score (nSPS) is 24.4. The number of aromatic nitrogens is 2. The van der Waals surface area contributed by atoms with Gasteiger partial charge in [0, 0.05) is 17.1 Å². The number of aromatic amines is 1. The van der Waals surface area contributed by atoms with Crippen molar-refractivity contribution in [2.45, 2.75) is 32.7 Å². The van der Waals surface area contributed by atoms with Crippen molar-refractivity contribution in [3.63, 3.8) is 0 Å². The van der Waals surface area contributed by atoms with Crippen LogP contribution in [0.3, 0.4) is 0 Å². The number of fused-ring (bicyclic) bond motifs is 1. The van der Waals surface area contributed by atoms with Crippen LogP contribution in [0.5, 0.6) is 0 Å². The first-order chi connectivity index (χ1) is 14.5. The second kappa shape index (κ2) is 7.68. The van der Waals surface area contributed by atoms with Crippen LogP contribution in [0.15, 0.2) is 47.3 Å². The Morgan fingerprint density at radius 3 is 2.39 bits per heavy atom. The SMILES string of the molecule is CC(C)(C)[N+]1(C)CCP(=O)(c2cc(Cc3n[nH]c(=O)c4ccccc34)ccc2F)CC1. The van der Waals surface area contributed by atoms with Gasteiger partial charge in [-0.3, -0.25) is 4.79 Å². The number of hydrogen-bond acceptors (Lipinski definition) is 3. The summed E-state index contributed by atoms with van der Waals surface area (Å²) in [7, 11) is -0.612. The molecule has 0 spiro atoms. The summed E-state index contributed by atoms with van der Waals surface area (Å²) in [5, 5.41) is 8.49. The predicted octanol–water partition coefficient (Wildman–Crippen LogP) is 3.90. The van der Waals surface area contributed by atoms with Gasteiger partial charge >= 0.3 is 0 Å². The van der Waals surface area contributed by atoms with Gasteiger partial charge in [-0.15, -0.1) is 0 Å². The number of nitrogens with zero attached hydrogens (tertiary/aromatic N) is 2. The van der Waals surface area contributed by atoms with E-state index >= 15 is 0 Å². The molecule has 3 aromatic rings. The maximum atomic E-state index is 14.8. The minimum absolute atomic E-state index is 0.0581. The zero-order chi connectivity index (χ0) is 22.4. The Morgan fingerprint density at radius 2 is 1.74 bits per heavy atom. The standard InChI is InChI=1S/C24H29FN3O2P/c1-24(2,3)28(4)11-13-31(30,14-12-28)22-16-17(9-10-20(22)25)15-21-18-7-5-6-8-19(18)23(29)27-26-21/h5-10,16H,11-15H2,1-4H3/p+1. The van der Waals surface area contributed by atoms with Gasteiger partial charge in [0.1, 0.15) is 13.0 Å². The Hall–Kier alpha value is -2.30. The molecule has 1 aromatic heterocycles. The molecule has 1 N–H and O–H groups in total. The zero-order valence-electron chi connectivity index (χ0n) is 18.6. The summed E-state index contributed by atoms with van der Waals surface area (Å²) < 4.78 is 29.5. The largest absolute Gasteiger partial charge is 0.321 e. The summed E-state index contributed by atoms with van der Waals surface area (Å²) >= 11 is 0. The fraction of sp³-hybridized carbons (Fsp3) is 0.417. The lowest BCUT2D eigenvalue weighted by Crippen LogP contribution is -2.62. The molecule has 4 rings (SSSR count). The maximum Gasteiger partial charge on any atom is 0.272 e. The van der Waals surface area contributed by atoms with Crippen molar-refractivity contribution in [2.24, 2.45) is 0 Å². The van der Waals surface area contributed by atoms with Crippen LogP contribution in [0.25, 0.3) is 10.8 Å². The van der Waals surface area contributed by atoms with Crippen molar-refractivity contribution in [2.75, 3.05) is 32.5 Å². The number of quaternary nitrogens is 1. The van der Waals surface area contributed by atoms with Crippen molar-refractivity contribution in [1.82, 2.24) is 10.2 Å². The van der Waals surface area contributed by atoms with Gasteiger partial charge in [-0.25, -0.2) is 9.49 Å². The van der Waals surface area contributed by atoms with Gasteiger partial charge in [-0.05, 0) is 44.5 Å². The van der Waals surface area contributed by atoms with Crippen LogP contribution < -0.4 is 10.9 Å². The fourth-order valence-corrected chi connectivity index (χ4v) is 7.48. The van der Waals surface area contributed by atoms with E-state index in [2.05, 4.69) is 38.0 Å². The van der Waals surface area contributed by atoms with E-state index in [9.17, 15) is 13.8 Å². The van der Waals surface area contributed by atoms with Crippen LogP contribution in [0, 0.1) is 5.82 Å². The highest BCUT2D eigenvalue weighted by Crippen LogP contribution is 2.49. The lowest BCUT2D eigenvalue weighted by atomic mass is 10.0. The molecule has 0 saturated carbocycles. The van der Waals surface area contributed by atoms with Crippen LogP contribution in [0.4, 0.5) is 4.39 Å². The van der Waals surface area contributed by atoms with Gasteiger partial charge in [0.05, 0.1) is 49.1 Å². The number of benzene rings is 2. The van der Waals surface area contributed by atoms with Crippen LogP contribution in [0.2, 0.25) is 0 Å². The van der Waals surface area contributed by atoms with Crippen molar-refractivity contribution < 1.29 is 13.4 Å². The van der Waals surface area contributed by atoms with Crippen LogP contribution in [0.1, 0.15) is 32.0 Å². The zero-order valence-corrected chi connectivity index (χ0v) is 19.5. The summed E-state index contributed by atoms with van der Waals surface area (Å²) in [5.41, 5.74) is 1.38. The van der Waals surface area contributed by atoms with Gasteiger partial charge in [0.2, 0.25) is 0 Å². The second-order valence-corrected chi connectivity index (χ2v) is 13.0. The first kappa shape index (κ1) is 21.9. The average molecular weight is 442 g/mol. The molecule has 0 unspecified atom stereocenters. The highest BCUT2D eigenvalue weighted by atomic mass is 31.2. The van der Waals surface area contributed by atoms with E-state index < -0.39 is 13.0 Å². The molecular formula is C24H30FN3O2P+. The van der Waals surface area contributed by atoms with Crippen LogP contribution in [-0.2, 0) is 11.0 Å². The fourth-order valence-electron chi connectivity index (χ4n) is 4.38. The minimum Gasteiger partial charge on any atom is -0.321 e. The molecule has 1 aliphatic rings. The van der Waals surface area contributed by atoms with E-state index in [1.165, 1.54) is 6.07 Å². The highest BCUT2D eigenvalue weighted by Gasteiger charge is 2.44. The Balaban J connectivity index is 1.66. The molecule has 2 aromatic carbocycles. The van der Waals surface area contributed by atoms with Crippen molar-refractivity contribution in [1.29, 1.82) is 0 Å². The molecule has 164 valence electrons. The quantitative estimate of drug-likeness (QED) is 0.494. The number of H-pyrrole nitrogens is 1. The molecule has 0 aliphatic carbocycles. The molecule has 31 heavy (non-hydrogen) atoms. The van der Waals surface area contributed by atoms with E-state index in [0.29, 0.717) is 35.1 Å². The monoisotopic (exact) mass is 442 g/mol. The van der Waals surface area contributed by atoms with E-state index in [-0.39, 0.29) is 11.1 Å². The summed E-state index contributed by atoms with van der Waals surface area (Å²) in [5.74, 6) is -0.391. The van der Waals surface area contributed by atoms with E-state index in [1.807, 2.05) is 18.2 Å². The molecule has 0 radical (unpaired) electrons. The minimum atomic E-state index is -2.81. The molecule has 0 bridgehead atoms. The molecule has 0 atom stereocenters. The first-order valence-electron chi connectivity index (χ1n) is 10.7. The Bertz CT molecular complexity index is 1230. The lowest BCUT2D eigenvalue weighted by Gasteiger charge is -2.49. The molecule has 1 aliphatic heterocycles. The number of nitrogens with one attached hydrogen (secondary N) is 1. The molecule has 2 heterocycles. The maximum absolute atomic E-state index is 14.8. The number of rotatable bonds is 3. The van der Waals surface area contributed by atoms with Gasteiger partial charge in [-0.2, -0.15) is 5.10 Å². The Kier molecular flexibility index (Phi) is 5.43. The molecule has 5 nitrogen and oxygen atoms in total. The molecule has 1 saturated heterocycles. The van der Waals surface area contributed by atoms with Crippen molar-refractivity contribution >= 4 is 23.2 Å². The van der Waals surface area contributed by atoms with E-state index in [0.717, 1.165) is 28.5 Å². The summed E-state index contributed by atoms with van der Waals surface area (Å²) in [6.45, 7) is 8.15. The smallest absolute Gasteiger partial charge is 0.272 e. The van der Waals surface area contributed by atoms with Crippen LogP contribution >= 0.6 is 7.14 Å². The third kappa shape index (κ3) is 3.99. The second-order valence-electron chi connectivity index (χ2n) is 9.86. The molecule has 0 amide bonds. The van der Waals surface area contributed by atoms with Crippen molar-refractivity contribution in [3.05, 3.63) is 69.9 Å². The van der Waals surface area contributed by atoms with Gasteiger partial charge < -0.3 is 9.05 Å². The lowest BCUT2D eigenvalue weighted by molar-refractivity contribution is -0.950. The summed E-state index contributed by atoms with van der Waals surface area (Å²) in [4.78, 5) is 12.0. The van der Waals surface area contributed by atoms with Crippen molar-refractivity contribution in [3.8, 4) is 0 Å². The average Bonchev–Trinajstić information content (AvgIpc) is 2.73. The van der Waals surface area contributed by atoms with E-state index in [1.54, 1.807) is 18.2 Å².